The van der Waals surface area contributed by atoms with Crippen LogP contribution in [0.25, 0.3) is 0 Å². The molecule has 0 aliphatic carbocycles. The van der Waals surface area contributed by atoms with E-state index >= 15 is 0 Å². The molecule has 7 heteroatoms. The number of benzene rings is 1. The molecular weight excluding hydrogens is 402 g/mol. The van der Waals surface area contributed by atoms with Gasteiger partial charge < -0.3 is 24.3 Å². The van der Waals surface area contributed by atoms with Gasteiger partial charge in [-0.25, -0.2) is 9.98 Å². The molecule has 1 aromatic heterocycles. The lowest BCUT2D eigenvalue weighted by atomic mass is 9.93. The Labute approximate surface area is 191 Å². The van der Waals surface area contributed by atoms with E-state index in [1.54, 1.807) is 0 Å². The zero-order valence-corrected chi connectivity index (χ0v) is 19.4. The third-order valence-corrected chi connectivity index (χ3v) is 6.55. The minimum Gasteiger partial charge on any atom is -0.381 e. The zero-order chi connectivity index (χ0) is 22.2. The topological polar surface area (TPSA) is 63.9 Å². The van der Waals surface area contributed by atoms with Gasteiger partial charge in [0.2, 0.25) is 0 Å². The highest BCUT2D eigenvalue weighted by atomic mass is 16.5. The van der Waals surface area contributed by atoms with Crippen LogP contribution in [0.2, 0.25) is 0 Å². The van der Waals surface area contributed by atoms with Gasteiger partial charge in [0.1, 0.15) is 0 Å². The predicted octanol–water partition coefficient (Wildman–Crippen LogP) is 3.63. The van der Waals surface area contributed by atoms with Crippen LogP contribution in [0.3, 0.4) is 0 Å². The smallest absolute Gasteiger partial charge is 0.194 e. The van der Waals surface area contributed by atoms with Crippen molar-refractivity contribution in [1.82, 2.24) is 19.8 Å². The Morgan fingerprint density at radius 2 is 1.97 bits per heavy atom. The summed E-state index contributed by atoms with van der Waals surface area (Å²) in [5, 5.41) is 3.49. The van der Waals surface area contributed by atoms with Gasteiger partial charge in [0, 0.05) is 45.2 Å². The van der Waals surface area contributed by atoms with E-state index in [-0.39, 0.29) is 0 Å². The summed E-state index contributed by atoms with van der Waals surface area (Å²) < 4.78 is 13.7. The molecule has 7 nitrogen and oxygen atoms in total. The summed E-state index contributed by atoms with van der Waals surface area (Å²) in [5.74, 6) is 1.62. The van der Waals surface area contributed by atoms with Crippen LogP contribution in [0.4, 0.5) is 0 Å². The highest BCUT2D eigenvalue weighted by Gasteiger charge is 2.28. The molecule has 32 heavy (non-hydrogen) atoms. The Kier molecular flexibility index (Phi) is 8.18. The first-order valence-electron chi connectivity index (χ1n) is 12.0. The number of imidazole rings is 1. The Morgan fingerprint density at radius 3 is 2.69 bits per heavy atom. The van der Waals surface area contributed by atoms with Crippen LogP contribution < -0.4 is 5.32 Å². The summed E-state index contributed by atoms with van der Waals surface area (Å²) in [6.45, 7) is 10.3. The molecule has 0 spiro atoms. The molecule has 0 amide bonds. The van der Waals surface area contributed by atoms with Gasteiger partial charge in [0.15, 0.2) is 5.96 Å². The van der Waals surface area contributed by atoms with E-state index in [4.69, 9.17) is 14.5 Å². The van der Waals surface area contributed by atoms with Crippen LogP contribution in [0.5, 0.6) is 0 Å². The van der Waals surface area contributed by atoms with E-state index in [1.165, 1.54) is 11.1 Å². The fourth-order valence-corrected chi connectivity index (χ4v) is 4.48. The SMILES string of the molecule is CCNC(=NCc1ccc(COC2CCOCC2)cc1)N1CCC(C)C(n2ccnc2)C1. The molecule has 2 unspecified atom stereocenters. The summed E-state index contributed by atoms with van der Waals surface area (Å²) in [5.41, 5.74) is 2.43. The molecule has 2 atom stereocenters. The number of aromatic nitrogens is 2. The zero-order valence-electron chi connectivity index (χ0n) is 19.4. The van der Waals surface area contributed by atoms with Crippen LogP contribution in [-0.4, -0.2) is 59.4 Å². The van der Waals surface area contributed by atoms with Gasteiger partial charge in [-0.3, -0.25) is 0 Å². The van der Waals surface area contributed by atoms with Crippen molar-refractivity contribution >= 4 is 5.96 Å². The number of nitrogens with zero attached hydrogens (tertiary/aromatic N) is 4. The molecule has 2 fully saturated rings. The molecule has 2 aliphatic rings. The molecule has 2 aromatic rings. The van der Waals surface area contributed by atoms with Crippen LogP contribution in [0.15, 0.2) is 48.0 Å². The van der Waals surface area contributed by atoms with Gasteiger partial charge in [-0.15, -0.1) is 0 Å². The molecule has 4 rings (SSSR count). The first kappa shape index (κ1) is 22.8. The Hall–Kier alpha value is -2.38. The number of ether oxygens (including phenoxy) is 2. The maximum Gasteiger partial charge on any atom is 0.194 e. The largest absolute Gasteiger partial charge is 0.381 e. The lowest BCUT2D eigenvalue weighted by Crippen LogP contribution is -2.49. The van der Waals surface area contributed by atoms with Crippen LogP contribution in [-0.2, 0) is 22.6 Å². The van der Waals surface area contributed by atoms with Crippen LogP contribution in [0.1, 0.15) is 50.3 Å². The highest BCUT2D eigenvalue weighted by Crippen LogP contribution is 2.27. The number of piperidine rings is 1. The summed E-state index contributed by atoms with van der Waals surface area (Å²) in [7, 11) is 0. The predicted molar refractivity (Wildman–Crippen MR) is 127 cm³/mol. The Balaban J connectivity index is 1.34. The third-order valence-electron chi connectivity index (χ3n) is 6.55. The minimum absolute atomic E-state index is 0.328. The van der Waals surface area contributed by atoms with Crippen molar-refractivity contribution in [2.75, 3.05) is 32.8 Å². The van der Waals surface area contributed by atoms with Crippen LogP contribution >= 0.6 is 0 Å². The number of likely N-dealkylation sites (tertiary alicyclic amines) is 1. The van der Waals surface area contributed by atoms with Gasteiger partial charge in [-0.05, 0) is 43.2 Å². The van der Waals surface area contributed by atoms with Crippen molar-refractivity contribution in [2.24, 2.45) is 10.9 Å². The van der Waals surface area contributed by atoms with Crippen molar-refractivity contribution in [1.29, 1.82) is 0 Å². The van der Waals surface area contributed by atoms with Gasteiger partial charge in [-0.2, -0.15) is 0 Å². The fraction of sp³-hybridized carbons (Fsp3) is 0.600. The van der Waals surface area contributed by atoms with Gasteiger partial charge in [0.25, 0.3) is 0 Å². The number of nitrogens with one attached hydrogen (secondary N) is 1. The van der Waals surface area contributed by atoms with Gasteiger partial charge in [0.05, 0.1) is 31.6 Å². The number of rotatable bonds is 7. The molecule has 174 valence electrons. The van der Waals surface area contributed by atoms with E-state index in [0.29, 0.717) is 31.2 Å². The lowest BCUT2D eigenvalue weighted by molar-refractivity contribution is -0.0390. The van der Waals surface area contributed by atoms with Crippen molar-refractivity contribution in [3.05, 3.63) is 54.1 Å². The first-order chi connectivity index (χ1) is 15.7. The third kappa shape index (κ3) is 6.11. The van der Waals surface area contributed by atoms with E-state index < -0.39 is 0 Å². The number of aliphatic imine (C=N–C) groups is 1. The average Bonchev–Trinajstić information content (AvgIpc) is 3.37. The van der Waals surface area contributed by atoms with Crippen LogP contribution in [0, 0.1) is 5.92 Å². The average molecular weight is 440 g/mol. The lowest BCUT2D eigenvalue weighted by Gasteiger charge is -2.39. The number of hydrogen-bond donors (Lipinski definition) is 1. The second-order valence-electron chi connectivity index (χ2n) is 8.90. The monoisotopic (exact) mass is 439 g/mol. The quantitative estimate of drug-likeness (QED) is 0.527. The molecular formula is C25H37N5O2. The van der Waals surface area contributed by atoms with E-state index in [1.807, 2.05) is 12.5 Å². The number of guanidine groups is 1. The molecule has 2 aliphatic heterocycles. The van der Waals surface area contributed by atoms with E-state index in [9.17, 15) is 0 Å². The van der Waals surface area contributed by atoms with E-state index in [2.05, 4.69) is 64.1 Å². The molecule has 0 bridgehead atoms. The molecule has 0 saturated carbocycles. The maximum atomic E-state index is 6.04. The summed E-state index contributed by atoms with van der Waals surface area (Å²) >= 11 is 0. The Morgan fingerprint density at radius 1 is 1.19 bits per heavy atom. The molecule has 0 radical (unpaired) electrons. The molecule has 1 aromatic carbocycles. The maximum absolute atomic E-state index is 6.04. The van der Waals surface area contributed by atoms with Crippen molar-refractivity contribution in [2.45, 2.75) is 58.4 Å². The Bertz CT molecular complexity index is 831. The molecule has 2 saturated heterocycles. The number of hydrogen-bond acceptors (Lipinski definition) is 4. The van der Waals surface area contributed by atoms with Gasteiger partial charge in [-0.1, -0.05) is 31.2 Å². The second kappa shape index (κ2) is 11.5. The highest BCUT2D eigenvalue weighted by molar-refractivity contribution is 5.80. The first-order valence-corrected chi connectivity index (χ1v) is 12.0. The minimum atomic E-state index is 0.328. The summed E-state index contributed by atoms with van der Waals surface area (Å²) in [4.78, 5) is 11.6. The van der Waals surface area contributed by atoms with Crippen molar-refractivity contribution in [3.8, 4) is 0 Å². The van der Waals surface area contributed by atoms with Crippen molar-refractivity contribution < 1.29 is 9.47 Å². The fourth-order valence-electron chi connectivity index (χ4n) is 4.48. The van der Waals surface area contributed by atoms with Gasteiger partial charge >= 0.3 is 0 Å². The molecule has 1 N–H and O–H groups in total. The summed E-state index contributed by atoms with van der Waals surface area (Å²) in [6, 6.07) is 9.08. The van der Waals surface area contributed by atoms with Crippen molar-refractivity contribution in [3.63, 3.8) is 0 Å². The standard InChI is InChI=1S/C25H37N5O2/c1-3-27-25(29-12-8-20(2)24(17-29)30-13-11-26-19-30)28-16-21-4-6-22(7-5-21)18-32-23-9-14-31-15-10-23/h4-7,11,13,19-20,23-24H,3,8-10,12,14-18H2,1-2H3,(H,27,28). The second-order valence-corrected chi connectivity index (χ2v) is 8.90. The summed E-state index contributed by atoms with van der Waals surface area (Å²) in [6.07, 6.45) is 9.34. The molecule has 3 heterocycles. The normalized spacial score (nSPS) is 22.8. The van der Waals surface area contributed by atoms with E-state index in [0.717, 1.165) is 58.1 Å².